The number of piperidine rings is 1. The minimum Gasteiger partial charge on any atom is -0.507 e. The highest BCUT2D eigenvalue weighted by Gasteiger charge is 2.32. The third-order valence-electron chi connectivity index (χ3n) is 5.74. The number of carbonyl (C=O) groups is 1. The minimum atomic E-state index is 0.142. The second-order valence-corrected chi connectivity index (χ2v) is 9.00. The molecule has 0 aromatic heterocycles. The lowest BCUT2D eigenvalue weighted by Gasteiger charge is -2.33. The number of phenols is 1. The van der Waals surface area contributed by atoms with Crippen LogP contribution in [0.2, 0.25) is 0 Å². The van der Waals surface area contributed by atoms with Gasteiger partial charge in [-0.15, -0.1) is 0 Å². The first-order valence-electron chi connectivity index (χ1n) is 9.26. The normalized spacial score (nSPS) is 22.2. The number of hydrogen-bond donors (Lipinski definition) is 2. The number of dihydropyridines is 1. The number of fused-ring (bicyclic) bond motifs is 2. The molecule has 2 aliphatic heterocycles. The van der Waals surface area contributed by atoms with E-state index in [1.165, 1.54) is 27.8 Å². The van der Waals surface area contributed by atoms with Gasteiger partial charge in [0.25, 0.3) is 0 Å². The summed E-state index contributed by atoms with van der Waals surface area (Å²) in [5, 5.41) is 13.8. The number of benzene rings is 1. The van der Waals surface area contributed by atoms with Gasteiger partial charge in [0.2, 0.25) is 5.91 Å². The molecule has 1 saturated heterocycles. The topological polar surface area (TPSA) is 52.6 Å². The predicted molar refractivity (Wildman–Crippen MR) is 115 cm³/mol. The Bertz CT molecular complexity index is 892. The second-order valence-electron chi connectivity index (χ2n) is 7.30. The summed E-state index contributed by atoms with van der Waals surface area (Å²) in [4.78, 5) is 13.6. The number of likely N-dealkylation sites (tertiary alicyclic amines) is 1. The van der Waals surface area contributed by atoms with Crippen LogP contribution in [0.15, 0.2) is 44.5 Å². The number of nitrogens with zero attached hydrogens (tertiary/aromatic N) is 1. The molecule has 1 atom stereocenters. The van der Waals surface area contributed by atoms with E-state index in [4.69, 9.17) is 0 Å². The molecule has 6 heteroatoms. The quantitative estimate of drug-likeness (QED) is 0.553. The van der Waals surface area contributed by atoms with E-state index in [1.807, 2.05) is 17.2 Å². The summed E-state index contributed by atoms with van der Waals surface area (Å²) in [6, 6.07) is 3.97. The van der Waals surface area contributed by atoms with Gasteiger partial charge < -0.3 is 15.3 Å². The van der Waals surface area contributed by atoms with Crippen molar-refractivity contribution in [2.45, 2.75) is 38.6 Å². The van der Waals surface area contributed by atoms with Crippen LogP contribution in [-0.2, 0) is 11.2 Å². The van der Waals surface area contributed by atoms with E-state index in [-0.39, 0.29) is 17.7 Å². The highest BCUT2D eigenvalue weighted by molar-refractivity contribution is 9.12. The molecule has 0 spiro atoms. The van der Waals surface area contributed by atoms with Crippen molar-refractivity contribution in [2.75, 3.05) is 13.1 Å². The van der Waals surface area contributed by atoms with Gasteiger partial charge in [0.1, 0.15) is 5.75 Å². The van der Waals surface area contributed by atoms with Crippen LogP contribution < -0.4 is 5.32 Å². The fourth-order valence-electron chi connectivity index (χ4n) is 4.34. The number of phenolic OH excluding ortho intramolecular Hbond substituents is 1. The third-order valence-corrected chi connectivity index (χ3v) is 7.08. The molecule has 3 aliphatic rings. The maximum atomic E-state index is 11.7. The zero-order valence-electron chi connectivity index (χ0n) is 15.2. The molecule has 1 aromatic rings. The largest absolute Gasteiger partial charge is 0.507 e. The van der Waals surface area contributed by atoms with E-state index >= 15 is 0 Å². The summed E-state index contributed by atoms with van der Waals surface area (Å²) >= 11 is 7.19. The molecule has 4 nitrogen and oxygen atoms in total. The number of nitrogens with one attached hydrogen (secondary N) is 1. The number of rotatable bonds is 0. The SMILES string of the molecule is CC(=O)N1CCC(=C2c3ccc(O)c(Br)c3CCC3=CC(Br)=CNC32)CC1. The van der Waals surface area contributed by atoms with Gasteiger partial charge >= 0.3 is 0 Å². The summed E-state index contributed by atoms with van der Waals surface area (Å²) < 4.78 is 1.85. The number of halogens is 2. The van der Waals surface area contributed by atoms with Crippen LogP contribution in [-0.4, -0.2) is 35.0 Å². The number of hydrogen-bond acceptors (Lipinski definition) is 3. The molecule has 2 N–H and O–H groups in total. The van der Waals surface area contributed by atoms with Gasteiger partial charge in [0.15, 0.2) is 0 Å². The van der Waals surface area contributed by atoms with Crippen molar-refractivity contribution in [3.63, 3.8) is 0 Å². The summed E-state index contributed by atoms with van der Waals surface area (Å²) in [6.07, 6.45) is 7.83. The number of aromatic hydroxyl groups is 1. The van der Waals surface area contributed by atoms with E-state index < -0.39 is 0 Å². The lowest BCUT2D eigenvalue weighted by molar-refractivity contribution is -0.129. The van der Waals surface area contributed by atoms with Crippen molar-refractivity contribution in [2.24, 2.45) is 0 Å². The van der Waals surface area contributed by atoms with Crippen molar-refractivity contribution >= 4 is 43.3 Å². The van der Waals surface area contributed by atoms with E-state index in [1.54, 1.807) is 13.0 Å². The maximum Gasteiger partial charge on any atom is 0.219 e. The molecular weight excluding hydrogens is 472 g/mol. The first kappa shape index (κ1) is 18.8. The van der Waals surface area contributed by atoms with Gasteiger partial charge in [-0.1, -0.05) is 11.6 Å². The minimum absolute atomic E-state index is 0.142. The zero-order chi connectivity index (χ0) is 19.1. The van der Waals surface area contributed by atoms with Crippen LogP contribution in [0.1, 0.15) is 37.3 Å². The predicted octanol–water partition coefficient (Wildman–Crippen LogP) is 4.63. The molecule has 0 radical (unpaired) electrons. The molecule has 1 fully saturated rings. The molecular formula is C21H22Br2N2O2. The summed E-state index contributed by atoms with van der Waals surface area (Å²) in [7, 11) is 0. The molecule has 1 aromatic carbocycles. The standard InChI is InChI=1S/C21H22Br2N2O2/c1-12(26)25-8-6-13(7-9-25)19-16-4-5-18(27)20(23)17(16)3-2-14-10-15(22)11-24-21(14)19/h4-5,10-11,21,24,27H,2-3,6-9H2,1H3. The number of carbonyl (C=O) groups excluding carboxylic acids is 1. The first-order valence-corrected chi connectivity index (χ1v) is 10.8. The highest BCUT2D eigenvalue weighted by Crippen LogP contribution is 2.43. The van der Waals surface area contributed by atoms with E-state index in [2.05, 4.69) is 43.3 Å². The Morgan fingerprint density at radius 1 is 1.19 bits per heavy atom. The van der Waals surface area contributed by atoms with Crippen LogP contribution in [0.3, 0.4) is 0 Å². The number of amides is 1. The van der Waals surface area contributed by atoms with Gasteiger partial charge in [-0.25, -0.2) is 0 Å². The van der Waals surface area contributed by atoms with Crippen LogP contribution >= 0.6 is 31.9 Å². The Morgan fingerprint density at radius 3 is 2.63 bits per heavy atom. The average Bonchev–Trinajstić information content (AvgIpc) is 2.81. The van der Waals surface area contributed by atoms with Crippen molar-refractivity contribution in [1.29, 1.82) is 0 Å². The maximum absolute atomic E-state index is 11.7. The van der Waals surface area contributed by atoms with E-state index in [0.29, 0.717) is 0 Å². The molecule has 27 heavy (non-hydrogen) atoms. The highest BCUT2D eigenvalue weighted by atomic mass is 79.9. The molecule has 1 aliphatic carbocycles. The Kier molecular flexibility index (Phi) is 5.21. The van der Waals surface area contributed by atoms with Crippen molar-refractivity contribution in [3.8, 4) is 5.75 Å². The van der Waals surface area contributed by atoms with Gasteiger partial charge in [-0.05, 0) is 92.0 Å². The van der Waals surface area contributed by atoms with Crippen LogP contribution in [0.25, 0.3) is 5.57 Å². The van der Waals surface area contributed by atoms with Gasteiger partial charge in [0.05, 0.1) is 10.5 Å². The Morgan fingerprint density at radius 2 is 1.93 bits per heavy atom. The Hall–Kier alpha value is -1.53. The van der Waals surface area contributed by atoms with Crippen molar-refractivity contribution in [1.82, 2.24) is 10.2 Å². The lowest BCUT2D eigenvalue weighted by Crippen LogP contribution is -2.36. The van der Waals surface area contributed by atoms with Gasteiger partial charge in [0, 0.05) is 30.7 Å². The van der Waals surface area contributed by atoms with Crippen molar-refractivity contribution < 1.29 is 9.90 Å². The molecule has 0 saturated carbocycles. The zero-order valence-corrected chi connectivity index (χ0v) is 18.4. The van der Waals surface area contributed by atoms with Gasteiger partial charge in [-0.2, -0.15) is 0 Å². The smallest absolute Gasteiger partial charge is 0.219 e. The Balaban J connectivity index is 1.84. The fraction of sp³-hybridized carbons (Fsp3) is 0.381. The van der Waals surface area contributed by atoms with Crippen LogP contribution in [0, 0.1) is 0 Å². The lowest BCUT2D eigenvalue weighted by atomic mass is 9.85. The van der Waals surface area contributed by atoms with Gasteiger partial charge in [-0.3, -0.25) is 4.79 Å². The fourth-order valence-corrected chi connectivity index (χ4v) is 5.31. The molecule has 4 rings (SSSR count). The Labute approximate surface area is 176 Å². The first-order chi connectivity index (χ1) is 13.0. The second kappa shape index (κ2) is 7.47. The third kappa shape index (κ3) is 3.49. The van der Waals surface area contributed by atoms with E-state index in [0.717, 1.165) is 47.7 Å². The summed E-state index contributed by atoms with van der Waals surface area (Å²) in [5.74, 6) is 0.437. The summed E-state index contributed by atoms with van der Waals surface area (Å²) in [5.41, 5.74) is 6.44. The average molecular weight is 494 g/mol. The monoisotopic (exact) mass is 492 g/mol. The van der Waals surface area contributed by atoms with Crippen molar-refractivity contribution in [3.05, 3.63) is 55.6 Å². The number of allylic oxidation sites excluding steroid dienone is 2. The molecule has 0 bridgehead atoms. The molecule has 1 unspecified atom stereocenters. The summed E-state index contributed by atoms with van der Waals surface area (Å²) in [6.45, 7) is 3.19. The molecule has 142 valence electrons. The van der Waals surface area contributed by atoms with Crippen LogP contribution in [0.4, 0.5) is 0 Å². The van der Waals surface area contributed by atoms with Crippen LogP contribution in [0.5, 0.6) is 5.75 Å². The molecule has 2 heterocycles. The van der Waals surface area contributed by atoms with E-state index in [9.17, 15) is 9.90 Å². The molecule has 1 amide bonds.